The number of carbonyl (C=O) groups excluding carboxylic acids is 2. The van der Waals surface area contributed by atoms with E-state index < -0.39 is 29.0 Å². The lowest BCUT2D eigenvalue weighted by Crippen LogP contribution is -2.61. The maximum Gasteiger partial charge on any atom is 0.329 e. The number of nitrogens with two attached hydrogens (primary N) is 1. The van der Waals surface area contributed by atoms with Crippen LogP contribution in [0, 0.1) is 0 Å². The highest BCUT2D eigenvalue weighted by atomic mass is 16.4. The predicted molar refractivity (Wildman–Crippen MR) is 63.8 cm³/mol. The predicted octanol–water partition coefficient (Wildman–Crippen LogP) is -0.0531. The molecule has 1 rings (SSSR count). The zero-order valence-corrected chi connectivity index (χ0v) is 10.6. The van der Waals surface area contributed by atoms with Crippen molar-refractivity contribution in [3.8, 4) is 0 Å². The molecule has 0 atom stereocenters. The smallest absolute Gasteiger partial charge is 0.329 e. The van der Waals surface area contributed by atoms with Crippen LogP contribution in [0.3, 0.4) is 0 Å². The maximum atomic E-state index is 11.7. The molecule has 1 aliphatic carbocycles. The summed E-state index contributed by atoms with van der Waals surface area (Å²) in [5.41, 5.74) is 2.68. The Morgan fingerprint density at radius 1 is 1.22 bits per heavy atom. The highest BCUT2D eigenvalue weighted by Crippen LogP contribution is 2.29. The second kappa shape index (κ2) is 4.83. The molecule has 0 heterocycles. The van der Waals surface area contributed by atoms with E-state index >= 15 is 0 Å². The van der Waals surface area contributed by atoms with E-state index in [4.69, 9.17) is 5.73 Å². The average molecular weight is 257 g/mol. The first kappa shape index (κ1) is 14.3. The van der Waals surface area contributed by atoms with E-state index in [1.165, 1.54) is 13.8 Å². The Labute approximate surface area is 105 Å². The van der Waals surface area contributed by atoms with Crippen molar-refractivity contribution in [2.24, 2.45) is 5.73 Å². The first-order valence-corrected chi connectivity index (χ1v) is 5.83. The van der Waals surface area contributed by atoms with E-state index in [0.717, 1.165) is 12.8 Å². The number of hydrogen-bond acceptors (Lipinski definition) is 3. The van der Waals surface area contributed by atoms with Gasteiger partial charge in [0.1, 0.15) is 11.1 Å². The van der Waals surface area contributed by atoms with Gasteiger partial charge in [0.2, 0.25) is 5.91 Å². The third kappa shape index (κ3) is 2.91. The molecule has 18 heavy (non-hydrogen) atoms. The Bertz CT molecular complexity index is 372. The molecule has 7 nitrogen and oxygen atoms in total. The molecule has 0 aliphatic heterocycles. The van der Waals surface area contributed by atoms with Gasteiger partial charge in [0, 0.05) is 0 Å². The average Bonchev–Trinajstić information content (AvgIpc) is 2.66. The molecule has 0 aromatic carbocycles. The van der Waals surface area contributed by atoms with Crippen LogP contribution in [0.5, 0.6) is 0 Å². The lowest BCUT2D eigenvalue weighted by atomic mass is 9.98. The minimum absolute atomic E-state index is 0.396. The minimum atomic E-state index is -1.22. The Kier molecular flexibility index (Phi) is 3.83. The van der Waals surface area contributed by atoms with Gasteiger partial charge in [-0.25, -0.2) is 9.59 Å². The Hall–Kier alpha value is -1.79. The molecule has 102 valence electrons. The number of hydrogen-bond donors (Lipinski definition) is 4. The topological polar surface area (TPSA) is 122 Å². The number of nitrogens with one attached hydrogen (secondary N) is 2. The Balaban J connectivity index is 2.69. The summed E-state index contributed by atoms with van der Waals surface area (Å²) >= 11 is 0. The first-order chi connectivity index (χ1) is 8.19. The zero-order valence-electron chi connectivity index (χ0n) is 10.6. The van der Waals surface area contributed by atoms with E-state index in [0.29, 0.717) is 12.8 Å². The molecule has 0 bridgehead atoms. The molecule has 0 unspecified atom stereocenters. The molecule has 5 N–H and O–H groups in total. The van der Waals surface area contributed by atoms with Gasteiger partial charge in [0.05, 0.1) is 0 Å². The number of urea groups is 1. The molecule has 0 aromatic heterocycles. The number of carboxylic acid groups (broad SMARTS) is 1. The van der Waals surface area contributed by atoms with Gasteiger partial charge >= 0.3 is 12.0 Å². The van der Waals surface area contributed by atoms with Crippen molar-refractivity contribution >= 4 is 17.9 Å². The molecule has 7 heteroatoms. The molecular weight excluding hydrogens is 238 g/mol. The van der Waals surface area contributed by atoms with Crippen molar-refractivity contribution in [2.75, 3.05) is 0 Å². The van der Waals surface area contributed by atoms with Crippen LogP contribution in [0.15, 0.2) is 0 Å². The van der Waals surface area contributed by atoms with Crippen LogP contribution in [0.4, 0.5) is 4.79 Å². The van der Waals surface area contributed by atoms with Gasteiger partial charge in [-0.1, -0.05) is 12.8 Å². The highest BCUT2D eigenvalue weighted by Gasteiger charge is 2.43. The molecule has 1 saturated carbocycles. The Morgan fingerprint density at radius 2 is 1.72 bits per heavy atom. The van der Waals surface area contributed by atoms with E-state index in [1.54, 1.807) is 0 Å². The lowest BCUT2D eigenvalue weighted by molar-refractivity contribution is -0.144. The fraction of sp³-hybridized carbons (Fsp3) is 0.727. The number of amides is 3. The summed E-state index contributed by atoms with van der Waals surface area (Å²) in [6.07, 6.45) is 2.30. The summed E-state index contributed by atoms with van der Waals surface area (Å²) in [5, 5.41) is 14.0. The van der Waals surface area contributed by atoms with E-state index in [9.17, 15) is 19.5 Å². The number of primary amides is 1. The van der Waals surface area contributed by atoms with Crippen molar-refractivity contribution in [3.63, 3.8) is 0 Å². The largest absolute Gasteiger partial charge is 0.480 e. The van der Waals surface area contributed by atoms with Crippen molar-refractivity contribution in [1.82, 2.24) is 10.6 Å². The van der Waals surface area contributed by atoms with Crippen LogP contribution >= 0.6 is 0 Å². The summed E-state index contributed by atoms with van der Waals surface area (Å²) < 4.78 is 0. The molecule has 0 radical (unpaired) electrons. The fourth-order valence-corrected chi connectivity index (χ4v) is 1.96. The summed E-state index contributed by atoms with van der Waals surface area (Å²) in [5.74, 6) is -1.74. The lowest BCUT2D eigenvalue weighted by Gasteiger charge is -2.29. The van der Waals surface area contributed by atoms with Crippen molar-refractivity contribution in [1.29, 1.82) is 0 Å². The van der Waals surface area contributed by atoms with E-state index in [-0.39, 0.29) is 0 Å². The van der Waals surface area contributed by atoms with Crippen LogP contribution in [0.25, 0.3) is 0 Å². The van der Waals surface area contributed by atoms with Gasteiger partial charge < -0.3 is 21.5 Å². The van der Waals surface area contributed by atoms with Crippen LogP contribution in [-0.4, -0.2) is 34.1 Å². The fourth-order valence-electron chi connectivity index (χ4n) is 1.96. The maximum absolute atomic E-state index is 11.7. The van der Waals surface area contributed by atoms with Gasteiger partial charge in [0.25, 0.3) is 0 Å². The molecular formula is C11H19N3O4. The normalized spacial score (nSPS) is 18.1. The van der Waals surface area contributed by atoms with Gasteiger partial charge in [0.15, 0.2) is 0 Å². The minimum Gasteiger partial charge on any atom is -0.480 e. The third-order valence-electron chi connectivity index (χ3n) is 3.26. The number of carboxylic acids is 1. The van der Waals surface area contributed by atoms with Gasteiger partial charge in [-0.05, 0) is 26.7 Å². The first-order valence-electron chi connectivity index (χ1n) is 5.83. The second-order valence-electron chi connectivity index (χ2n) is 5.16. The number of carbonyl (C=O) groups is 3. The number of rotatable bonds is 4. The second-order valence-corrected chi connectivity index (χ2v) is 5.16. The van der Waals surface area contributed by atoms with Crippen LogP contribution in [-0.2, 0) is 9.59 Å². The molecule has 3 amide bonds. The summed E-state index contributed by atoms with van der Waals surface area (Å²) in [6, 6.07) is -0.692. The van der Waals surface area contributed by atoms with E-state index in [1.807, 2.05) is 0 Å². The third-order valence-corrected chi connectivity index (χ3v) is 3.26. The van der Waals surface area contributed by atoms with E-state index in [2.05, 4.69) is 10.6 Å². The molecule has 0 saturated heterocycles. The number of aliphatic carboxylic acids is 1. The van der Waals surface area contributed by atoms with Crippen molar-refractivity contribution in [3.05, 3.63) is 0 Å². The summed E-state index contributed by atoms with van der Waals surface area (Å²) in [6.45, 7) is 2.91. The molecule has 0 spiro atoms. The van der Waals surface area contributed by atoms with Crippen molar-refractivity contribution < 1.29 is 19.5 Å². The summed E-state index contributed by atoms with van der Waals surface area (Å²) in [4.78, 5) is 34.0. The van der Waals surface area contributed by atoms with Gasteiger partial charge in [-0.15, -0.1) is 0 Å². The summed E-state index contributed by atoms with van der Waals surface area (Å²) in [7, 11) is 0. The van der Waals surface area contributed by atoms with Crippen molar-refractivity contribution in [2.45, 2.75) is 50.6 Å². The zero-order chi connectivity index (χ0) is 14.0. The monoisotopic (exact) mass is 257 g/mol. The SMILES string of the molecule is CC(C)(NC(=O)NC1(C(=O)O)CCCC1)C(N)=O. The quantitative estimate of drug-likeness (QED) is 0.564. The van der Waals surface area contributed by atoms with Crippen LogP contribution in [0.2, 0.25) is 0 Å². The standard InChI is InChI=1S/C11H19N3O4/c1-10(2,7(12)15)13-9(18)14-11(8(16)17)5-3-4-6-11/h3-6H2,1-2H3,(H2,12,15)(H,16,17)(H2,13,14,18). The molecule has 1 aliphatic rings. The Morgan fingerprint density at radius 3 is 2.11 bits per heavy atom. The highest BCUT2D eigenvalue weighted by molar-refractivity contribution is 5.91. The van der Waals surface area contributed by atoms with Crippen LogP contribution < -0.4 is 16.4 Å². The van der Waals surface area contributed by atoms with Gasteiger partial charge in [-0.2, -0.15) is 0 Å². The van der Waals surface area contributed by atoms with Crippen LogP contribution in [0.1, 0.15) is 39.5 Å². The molecule has 0 aromatic rings. The molecule has 1 fully saturated rings. The van der Waals surface area contributed by atoms with Gasteiger partial charge in [-0.3, -0.25) is 4.79 Å².